The molecule has 1 unspecified atom stereocenters. The highest BCUT2D eigenvalue weighted by molar-refractivity contribution is 5.78. The third-order valence-electron chi connectivity index (χ3n) is 5.33. The maximum atomic E-state index is 12.4. The van der Waals surface area contributed by atoms with Gasteiger partial charge < -0.3 is 36.5 Å². The summed E-state index contributed by atoms with van der Waals surface area (Å²) < 4.78 is 11.4. The molecule has 1 aromatic carbocycles. The number of esters is 1. The van der Waals surface area contributed by atoms with Crippen LogP contribution in [0.4, 0.5) is 0 Å². The first-order chi connectivity index (χ1) is 10.7. The number of ether oxygens (including phenoxy) is 2. The van der Waals surface area contributed by atoms with E-state index < -0.39 is 5.92 Å². The number of nitrogens with zero attached hydrogens (tertiary/aromatic N) is 1. The van der Waals surface area contributed by atoms with E-state index in [2.05, 4.69) is 11.9 Å². The van der Waals surface area contributed by atoms with Gasteiger partial charge in [-0.15, -0.1) is 0 Å². The summed E-state index contributed by atoms with van der Waals surface area (Å²) in [7, 11) is 2.13. The smallest absolute Gasteiger partial charge is 0.316 e. The molecule has 0 amide bonds. The van der Waals surface area contributed by atoms with Crippen molar-refractivity contribution in [2.75, 3.05) is 13.7 Å². The second-order valence-electron chi connectivity index (χ2n) is 6.54. The van der Waals surface area contributed by atoms with Gasteiger partial charge in [0.2, 0.25) is 0 Å². The number of hydrogen-bond donors (Lipinski definition) is 1. The highest BCUT2D eigenvalue weighted by Gasteiger charge is 2.62. The second-order valence-corrected chi connectivity index (χ2v) is 6.54. The summed E-state index contributed by atoms with van der Waals surface area (Å²) in [5.74, 6) is -0.915. The van der Waals surface area contributed by atoms with E-state index in [-0.39, 0.29) is 40.6 Å². The van der Waals surface area contributed by atoms with Crippen LogP contribution in [-0.2, 0) is 14.3 Å². The maximum absolute atomic E-state index is 12.4. The van der Waals surface area contributed by atoms with Gasteiger partial charge in [0.05, 0.1) is 6.61 Å². The molecular formula is C17H29NO8. The van der Waals surface area contributed by atoms with Crippen LogP contribution < -0.4 is 0 Å². The van der Waals surface area contributed by atoms with Gasteiger partial charge in [-0.2, -0.15) is 0 Å². The number of morpholine rings is 1. The number of aliphatic hydroxyl groups excluding tert-OH is 1. The molecule has 3 heterocycles. The summed E-state index contributed by atoms with van der Waals surface area (Å²) in [5.41, 5.74) is 0.803. The average Bonchev–Trinajstić information content (AvgIpc) is 3.27. The molecule has 150 valence electrons. The number of epoxide rings is 1. The van der Waals surface area contributed by atoms with Crippen LogP contribution in [0.2, 0.25) is 0 Å². The first-order valence-electron chi connectivity index (χ1n) is 7.92. The van der Waals surface area contributed by atoms with Crippen molar-refractivity contribution in [1.29, 1.82) is 0 Å². The van der Waals surface area contributed by atoms with E-state index in [1.807, 2.05) is 30.3 Å². The topological polar surface area (TPSA) is 188 Å². The molecule has 3 aliphatic rings. The zero-order valence-electron chi connectivity index (χ0n) is 14.6. The van der Waals surface area contributed by atoms with Crippen molar-refractivity contribution in [3.8, 4) is 0 Å². The first-order valence-corrected chi connectivity index (χ1v) is 7.92. The van der Waals surface area contributed by atoms with E-state index in [1.54, 1.807) is 0 Å². The number of fused-ring (bicyclic) bond motifs is 5. The number of carbonyl (C=O) groups is 1. The molecule has 0 aromatic heterocycles. The lowest BCUT2D eigenvalue weighted by Crippen LogP contribution is -2.48. The SMILES string of the molecule is CN1[C@@H]2CC(OC(=O)[C@H](CO)c3ccccc3)C[C@H]1[C@@H]1O[C@@H]12.O.O.O.O. The molecule has 2 bridgehead atoms. The summed E-state index contributed by atoms with van der Waals surface area (Å²) in [6.45, 7) is -0.226. The molecule has 4 rings (SSSR count). The highest BCUT2D eigenvalue weighted by Crippen LogP contribution is 2.48. The van der Waals surface area contributed by atoms with Gasteiger partial charge >= 0.3 is 5.97 Å². The molecular weight excluding hydrogens is 346 g/mol. The average molecular weight is 375 g/mol. The van der Waals surface area contributed by atoms with Crippen molar-refractivity contribution in [2.24, 2.45) is 0 Å². The molecule has 9 heteroatoms. The van der Waals surface area contributed by atoms with Crippen LogP contribution in [0, 0.1) is 0 Å². The van der Waals surface area contributed by atoms with E-state index in [0.717, 1.165) is 18.4 Å². The molecule has 0 radical (unpaired) electrons. The van der Waals surface area contributed by atoms with Crippen LogP contribution >= 0.6 is 0 Å². The lowest BCUT2D eigenvalue weighted by atomic mass is 9.97. The normalized spacial score (nSPS) is 31.7. The Bertz CT molecular complexity index is 553. The van der Waals surface area contributed by atoms with Crippen molar-refractivity contribution in [2.45, 2.75) is 49.2 Å². The molecule has 0 spiro atoms. The van der Waals surface area contributed by atoms with Crippen LogP contribution in [0.1, 0.15) is 24.3 Å². The van der Waals surface area contributed by atoms with Crippen molar-refractivity contribution < 1.29 is 41.3 Å². The number of carbonyl (C=O) groups excluding carboxylic acids is 1. The summed E-state index contributed by atoms with van der Waals surface area (Å²) in [6, 6.07) is 10.1. The Balaban J connectivity index is 0.00000156. The Morgan fingerprint density at radius 3 is 2.19 bits per heavy atom. The van der Waals surface area contributed by atoms with E-state index >= 15 is 0 Å². The van der Waals surface area contributed by atoms with Gasteiger partial charge in [-0.1, -0.05) is 30.3 Å². The van der Waals surface area contributed by atoms with Crippen molar-refractivity contribution >= 4 is 5.97 Å². The number of likely N-dealkylation sites (N-methyl/N-ethyl adjacent to an activating group) is 1. The Morgan fingerprint density at radius 1 is 1.15 bits per heavy atom. The zero-order chi connectivity index (χ0) is 15.3. The van der Waals surface area contributed by atoms with Crippen molar-refractivity contribution in [3.63, 3.8) is 0 Å². The van der Waals surface area contributed by atoms with Gasteiger partial charge in [0.25, 0.3) is 0 Å². The number of rotatable bonds is 4. The van der Waals surface area contributed by atoms with Gasteiger partial charge in [-0.3, -0.25) is 9.69 Å². The molecule has 26 heavy (non-hydrogen) atoms. The lowest BCUT2D eigenvalue weighted by Gasteiger charge is -2.38. The third-order valence-corrected chi connectivity index (χ3v) is 5.33. The minimum absolute atomic E-state index is 0. The molecule has 3 saturated heterocycles. The molecule has 3 aliphatic heterocycles. The van der Waals surface area contributed by atoms with Crippen LogP contribution in [0.25, 0.3) is 0 Å². The molecule has 0 saturated carbocycles. The zero-order valence-corrected chi connectivity index (χ0v) is 14.6. The van der Waals surface area contributed by atoms with Crippen LogP contribution in [0.3, 0.4) is 0 Å². The first kappa shape index (κ1) is 24.4. The summed E-state index contributed by atoms with van der Waals surface area (Å²) in [4.78, 5) is 14.8. The van der Waals surface area contributed by atoms with Gasteiger partial charge in [0.15, 0.2) is 0 Å². The van der Waals surface area contributed by atoms with Gasteiger partial charge in [0, 0.05) is 24.9 Å². The molecule has 9 N–H and O–H groups in total. The fraction of sp³-hybridized carbons (Fsp3) is 0.588. The summed E-state index contributed by atoms with van der Waals surface area (Å²) in [5, 5.41) is 9.56. The van der Waals surface area contributed by atoms with Gasteiger partial charge in [-0.25, -0.2) is 0 Å². The predicted molar refractivity (Wildman–Crippen MR) is 93.8 cm³/mol. The van der Waals surface area contributed by atoms with E-state index in [9.17, 15) is 9.90 Å². The number of benzene rings is 1. The Kier molecular flexibility index (Phi) is 8.80. The van der Waals surface area contributed by atoms with E-state index in [1.165, 1.54) is 0 Å². The van der Waals surface area contributed by atoms with Crippen LogP contribution in [0.5, 0.6) is 0 Å². The van der Waals surface area contributed by atoms with Gasteiger partial charge in [0.1, 0.15) is 24.2 Å². The second kappa shape index (κ2) is 9.38. The van der Waals surface area contributed by atoms with Crippen molar-refractivity contribution in [3.05, 3.63) is 35.9 Å². The lowest BCUT2D eigenvalue weighted by molar-refractivity contribution is -0.156. The number of hydrogen-bond acceptors (Lipinski definition) is 5. The standard InChI is InChI=1S/C17H21NO4.4H2O/c1-18-13-7-11(8-14(18)16-15(13)22-16)21-17(20)12(9-19)10-5-3-2-4-6-10;;;;/h2-6,11-16,19H,7-9H2,1H3;4*1H2/t11?,12-,13-,14+,15-,16+;;;;/m1..../s1. The van der Waals surface area contributed by atoms with E-state index in [4.69, 9.17) is 9.47 Å². The minimum atomic E-state index is -0.593. The quantitative estimate of drug-likeness (QED) is 0.453. The van der Waals surface area contributed by atoms with Crippen LogP contribution in [-0.4, -0.2) is 81.9 Å². The monoisotopic (exact) mass is 375 g/mol. The third kappa shape index (κ3) is 4.04. The number of piperidine rings is 1. The fourth-order valence-electron chi connectivity index (χ4n) is 4.04. The van der Waals surface area contributed by atoms with Crippen molar-refractivity contribution in [1.82, 2.24) is 4.90 Å². The molecule has 0 aliphatic carbocycles. The van der Waals surface area contributed by atoms with Gasteiger partial charge in [-0.05, 0) is 12.6 Å². The molecule has 3 fully saturated rings. The maximum Gasteiger partial charge on any atom is 0.316 e. The molecule has 9 nitrogen and oxygen atoms in total. The Hall–Kier alpha value is -1.59. The fourth-order valence-corrected chi connectivity index (χ4v) is 4.04. The van der Waals surface area contributed by atoms with Crippen LogP contribution in [0.15, 0.2) is 30.3 Å². The molecule has 1 aromatic rings. The van der Waals surface area contributed by atoms with E-state index in [0.29, 0.717) is 24.3 Å². The Morgan fingerprint density at radius 2 is 1.69 bits per heavy atom. The molecule has 6 atom stereocenters. The Labute approximate surface area is 151 Å². The summed E-state index contributed by atoms with van der Waals surface area (Å²) >= 11 is 0. The minimum Gasteiger partial charge on any atom is -0.462 e. The largest absolute Gasteiger partial charge is 0.462 e. The highest BCUT2D eigenvalue weighted by atomic mass is 16.6. The summed E-state index contributed by atoms with van der Waals surface area (Å²) in [6.07, 6.45) is 2.26. The number of aliphatic hydroxyl groups is 1. The predicted octanol–water partition coefficient (Wildman–Crippen LogP) is -2.38.